The number of halogens is 2. The van der Waals surface area contributed by atoms with Crippen LogP contribution in [-0.4, -0.2) is 40.3 Å². The van der Waals surface area contributed by atoms with Crippen LogP contribution >= 0.6 is 23.2 Å². The van der Waals surface area contributed by atoms with Crippen LogP contribution in [0.15, 0.2) is 24.4 Å². The highest BCUT2D eigenvalue weighted by Gasteiger charge is 2.28. The molecule has 7 heteroatoms. The first-order valence-electron chi connectivity index (χ1n) is 7.89. The van der Waals surface area contributed by atoms with Crippen LogP contribution in [0.5, 0.6) is 0 Å². The minimum Gasteiger partial charge on any atom is -0.370 e. The summed E-state index contributed by atoms with van der Waals surface area (Å²) in [5.41, 5.74) is 2.31. The molecule has 0 spiro atoms. The first kappa shape index (κ1) is 17.3. The van der Waals surface area contributed by atoms with Crippen molar-refractivity contribution < 1.29 is 9.53 Å². The van der Waals surface area contributed by atoms with E-state index in [4.69, 9.17) is 27.9 Å². The van der Waals surface area contributed by atoms with Crippen LogP contribution in [0.4, 0.5) is 0 Å². The minimum atomic E-state index is -0.209. The van der Waals surface area contributed by atoms with Gasteiger partial charge in [-0.2, -0.15) is 5.10 Å². The van der Waals surface area contributed by atoms with Gasteiger partial charge in [-0.1, -0.05) is 29.3 Å². The van der Waals surface area contributed by atoms with Gasteiger partial charge in [-0.15, -0.1) is 0 Å². The van der Waals surface area contributed by atoms with E-state index >= 15 is 0 Å². The van der Waals surface area contributed by atoms with Crippen LogP contribution in [0.25, 0.3) is 0 Å². The summed E-state index contributed by atoms with van der Waals surface area (Å²) in [5.74, 6) is -0.0134. The Hall–Kier alpha value is -1.56. The Morgan fingerprint density at radius 2 is 2.17 bits per heavy atom. The fourth-order valence-electron chi connectivity index (χ4n) is 2.81. The van der Waals surface area contributed by atoms with E-state index in [2.05, 4.69) is 5.10 Å². The first-order valence-corrected chi connectivity index (χ1v) is 8.65. The Kier molecular flexibility index (Phi) is 5.13. The molecule has 1 aromatic heterocycles. The number of hydrogen-bond acceptors (Lipinski definition) is 3. The molecule has 1 atom stereocenters. The molecule has 128 valence electrons. The molecule has 1 aromatic carbocycles. The van der Waals surface area contributed by atoms with Crippen LogP contribution in [0.1, 0.15) is 34.6 Å². The molecule has 0 saturated carbocycles. The molecule has 1 unspecified atom stereocenters. The average Bonchev–Trinajstić information content (AvgIpc) is 2.98. The van der Waals surface area contributed by atoms with Crippen molar-refractivity contribution in [2.75, 3.05) is 19.7 Å². The summed E-state index contributed by atoms with van der Waals surface area (Å²) >= 11 is 12.1. The fraction of sp³-hybridized carbons (Fsp3) is 0.412. The Balaban J connectivity index is 1.78. The molecule has 0 aliphatic carbocycles. The van der Waals surface area contributed by atoms with Gasteiger partial charge < -0.3 is 9.64 Å². The number of hydrogen-bond donors (Lipinski definition) is 0. The zero-order valence-corrected chi connectivity index (χ0v) is 15.1. The summed E-state index contributed by atoms with van der Waals surface area (Å²) in [6.07, 6.45) is 1.60. The molecule has 1 aliphatic heterocycles. The zero-order chi connectivity index (χ0) is 17.3. The highest BCUT2D eigenvalue weighted by atomic mass is 35.5. The topological polar surface area (TPSA) is 47.4 Å². The van der Waals surface area contributed by atoms with Crippen LogP contribution in [-0.2, 0) is 11.3 Å². The van der Waals surface area contributed by atoms with Gasteiger partial charge in [-0.05, 0) is 31.5 Å². The highest BCUT2D eigenvalue weighted by Crippen LogP contribution is 2.29. The standard InChI is InChI=1S/C17H19Cl2N3O2/c1-3-22-9-13(11(2)20-22)17(23)21-6-7-24-16(10-21)12-4-5-14(18)15(19)8-12/h4-5,8-9,16H,3,6-7,10H2,1-2H3. The SMILES string of the molecule is CCn1cc(C(=O)N2CCOC(c3ccc(Cl)c(Cl)c3)C2)c(C)n1. The molecule has 3 rings (SSSR count). The number of aryl methyl sites for hydroxylation is 2. The van der Waals surface area contributed by atoms with E-state index < -0.39 is 0 Å². The van der Waals surface area contributed by atoms with E-state index in [1.165, 1.54) is 0 Å². The Morgan fingerprint density at radius 1 is 1.38 bits per heavy atom. The van der Waals surface area contributed by atoms with E-state index in [-0.39, 0.29) is 12.0 Å². The molecular weight excluding hydrogens is 349 g/mol. The van der Waals surface area contributed by atoms with Gasteiger partial charge >= 0.3 is 0 Å². The third kappa shape index (κ3) is 3.43. The summed E-state index contributed by atoms with van der Waals surface area (Å²) in [5, 5.41) is 5.34. The quantitative estimate of drug-likeness (QED) is 0.830. The van der Waals surface area contributed by atoms with Gasteiger partial charge in [0, 0.05) is 19.3 Å². The monoisotopic (exact) mass is 367 g/mol. The predicted molar refractivity (Wildman–Crippen MR) is 93.7 cm³/mol. The minimum absolute atomic E-state index is 0.0134. The van der Waals surface area contributed by atoms with E-state index in [0.29, 0.717) is 35.3 Å². The molecular formula is C17H19Cl2N3O2. The zero-order valence-electron chi connectivity index (χ0n) is 13.6. The molecule has 1 saturated heterocycles. The second-order valence-corrected chi connectivity index (χ2v) is 6.58. The second-order valence-electron chi connectivity index (χ2n) is 5.77. The number of nitrogens with zero attached hydrogens (tertiary/aromatic N) is 3. The van der Waals surface area contributed by atoms with Gasteiger partial charge in [0.25, 0.3) is 5.91 Å². The van der Waals surface area contributed by atoms with Crippen molar-refractivity contribution in [3.63, 3.8) is 0 Å². The lowest BCUT2D eigenvalue weighted by atomic mass is 10.1. The van der Waals surface area contributed by atoms with Gasteiger partial charge in [0.1, 0.15) is 6.10 Å². The number of carbonyl (C=O) groups is 1. The van der Waals surface area contributed by atoms with E-state index in [1.54, 1.807) is 27.9 Å². The van der Waals surface area contributed by atoms with Crippen LogP contribution < -0.4 is 0 Å². The lowest BCUT2D eigenvalue weighted by molar-refractivity contribution is -0.0228. The maximum Gasteiger partial charge on any atom is 0.257 e. The molecule has 0 N–H and O–H groups in total. The predicted octanol–water partition coefficient (Wildman–Crippen LogP) is 3.73. The Bertz CT molecular complexity index is 760. The summed E-state index contributed by atoms with van der Waals surface area (Å²) < 4.78 is 7.59. The van der Waals surface area contributed by atoms with Crippen molar-refractivity contribution in [2.24, 2.45) is 0 Å². The third-order valence-corrected chi connectivity index (χ3v) is 4.91. The van der Waals surface area contributed by atoms with Gasteiger partial charge in [-0.25, -0.2) is 0 Å². The summed E-state index contributed by atoms with van der Waals surface area (Å²) in [6, 6.07) is 5.43. The smallest absolute Gasteiger partial charge is 0.257 e. The number of benzene rings is 1. The van der Waals surface area contributed by atoms with Crippen molar-refractivity contribution in [3.05, 3.63) is 51.3 Å². The van der Waals surface area contributed by atoms with E-state index in [1.807, 2.05) is 19.9 Å². The summed E-state index contributed by atoms with van der Waals surface area (Å²) in [6.45, 7) is 6.12. The maximum atomic E-state index is 12.8. The van der Waals surface area contributed by atoms with E-state index in [0.717, 1.165) is 17.8 Å². The number of ether oxygens (including phenoxy) is 1. The largest absolute Gasteiger partial charge is 0.370 e. The summed E-state index contributed by atoms with van der Waals surface area (Å²) in [7, 11) is 0. The molecule has 24 heavy (non-hydrogen) atoms. The molecule has 1 aliphatic rings. The van der Waals surface area contributed by atoms with Gasteiger partial charge in [0.05, 0.1) is 34.5 Å². The molecule has 1 fully saturated rings. The first-order chi connectivity index (χ1) is 11.5. The van der Waals surface area contributed by atoms with Crippen molar-refractivity contribution in [1.29, 1.82) is 0 Å². The van der Waals surface area contributed by atoms with Crippen LogP contribution in [0.3, 0.4) is 0 Å². The van der Waals surface area contributed by atoms with Crippen molar-refractivity contribution >= 4 is 29.1 Å². The number of rotatable bonds is 3. The number of aromatic nitrogens is 2. The van der Waals surface area contributed by atoms with Gasteiger partial charge in [-0.3, -0.25) is 9.48 Å². The van der Waals surface area contributed by atoms with Crippen molar-refractivity contribution in [3.8, 4) is 0 Å². The molecule has 0 bridgehead atoms. The number of carbonyl (C=O) groups excluding carboxylic acids is 1. The molecule has 2 aromatic rings. The number of amides is 1. The van der Waals surface area contributed by atoms with Crippen molar-refractivity contribution in [2.45, 2.75) is 26.5 Å². The molecule has 2 heterocycles. The van der Waals surface area contributed by atoms with Crippen molar-refractivity contribution in [1.82, 2.24) is 14.7 Å². The van der Waals surface area contributed by atoms with Crippen LogP contribution in [0.2, 0.25) is 10.0 Å². The fourth-order valence-corrected chi connectivity index (χ4v) is 3.11. The van der Waals surface area contributed by atoms with E-state index in [9.17, 15) is 4.79 Å². The Labute approximate surface area is 151 Å². The number of morpholine rings is 1. The third-order valence-electron chi connectivity index (χ3n) is 4.17. The lowest BCUT2D eigenvalue weighted by Gasteiger charge is -2.33. The summed E-state index contributed by atoms with van der Waals surface area (Å²) in [4.78, 5) is 14.6. The normalized spacial score (nSPS) is 18.0. The van der Waals surface area contributed by atoms with Gasteiger partial charge in [0.15, 0.2) is 0 Å². The lowest BCUT2D eigenvalue weighted by Crippen LogP contribution is -2.42. The highest BCUT2D eigenvalue weighted by molar-refractivity contribution is 6.42. The van der Waals surface area contributed by atoms with Gasteiger partial charge in [0.2, 0.25) is 0 Å². The Morgan fingerprint density at radius 3 is 2.83 bits per heavy atom. The molecule has 5 nitrogen and oxygen atoms in total. The second kappa shape index (κ2) is 7.13. The van der Waals surface area contributed by atoms with Crippen LogP contribution in [0, 0.1) is 6.92 Å². The molecule has 0 radical (unpaired) electrons. The molecule has 1 amide bonds. The maximum absolute atomic E-state index is 12.8. The average molecular weight is 368 g/mol.